The van der Waals surface area contributed by atoms with E-state index in [0.717, 1.165) is 17.0 Å². The maximum atomic E-state index is 13.4. The molecule has 4 atom stereocenters. The number of aliphatic carboxylic acids is 1. The number of benzene rings is 2. The summed E-state index contributed by atoms with van der Waals surface area (Å²) in [6.45, 7) is 4.92. The van der Waals surface area contributed by atoms with E-state index in [1.54, 1.807) is 51.1 Å². The zero-order chi connectivity index (χ0) is 28.6. The highest BCUT2D eigenvalue weighted by molar-refractivity contribution is 8.01. The lowest BCUT2D eigenvalue weighted by molar-refractivity contribution is -0.161. The minimum atomic E-state index is -1.29. The maximum absolute atomic E-state index is 13.4. The third-order valence-corrected chi connectivity index (χ3v) is 8.24. The third kappa shape index (κ3) is 5.09. The van der Waals surface area contributed by atoms with E-state index in [4.69, 9.17) is 0 Å². The van der Waals surface area contributed by atoms with Gasteiger partial charge in [-0.15, -0.1) is 11.8 Å². The molecule has 0 aliphatic carbocycles. The quantitative estimate of drug-likeness (QED) is 0.251. The standard InChI is InChI=1S/C26H28N4O8S/c1-4-29(21(34)14-10-11-15(31)16(32)12-14)25(38)28-17(13-8-6-5-7-9-13)20(33)27-18-22(35)30-19(24(36)37)26(2,3)39-23(18)30/h5-12,17-19,23,31-32H,4H2,1-3H3,(H,27,33)(H,28,38)(H,36,37)/t17?,18-,19+,23-/m1/s1. The third-order valence-electron chi connectivity index (χ3n) is 6.66. The van der Waals surface area contributed by atoms with Crippen molar-refractivity contribution in [3.05, 3.63) is 59.7 Å². The average Bonchev–Trinajstić information content (AvgIpc) is 3.15. The van der Waals surface area contributed by atoms with E-state index in [0.29, 0.717) is 5.56 Å². The highest BCUT2D eigenvalue weighted by Crippen LogP contribution is 2.50. The maximum Gasteiger partial charge on any atom is 0.327 e. The molecule has 2 aromatic carbocycles. The molecule has 5 amide bonds. The molecule has 2 aliphatic heterocycles. The number of phenols is 2. The molecular weight excluding hydrogens is 528 g/mol. The number of thioether (sulfide) groups is 1. The Morgan fingerprint density at radius 3 is 2.33 bits per heavy atom. The summed E-state index contributed by atoms with van der Waals surface area (Å²) >= 11 is 1.27. The second-order valence-electron chi connectivity index (χ2n) is 9.63. The van der Waals surface area contributed by atoms with Crippen LogP contribution in [-0.2, 0) is 14.4 Å². The van der Waals surface area contributed by atoms with Gasteiger partial charge in [-0.05, 0) is 44.5 Å². The number of hydrogen-bond donors (Lipinski definition) is 5. The molecule has 13 heteroatoms. The number of urea groups is 1. The van der Waals surface area contributed by atoms with Gasteiger partial charge in [0.1, 0.15) is 23.5 Å². The summed E-state index contributed by atoms with van der Waals surface area (Å²) in [5, 5.41) is 33.5. The van der Waals surface area contributed by atoms with Crippen LogP contribution in [0.1, 0.15) is 42.7 Å². The lowest BCUT2D eigenvalue weighted by atomic mass is 9.95. The Hall–Kier alpha value is -4.26. The molecule has 4 rings (SSSR count). The first-order valence-corrected chi connectivity index (χ1v) is 13.0. The van der Waals surface area contributed by atoms with Crippen LogP contribution in [0.3, 0.4) is 0 Å². The SMILES string of the molecule is CCN(C(=O)NC(C(=O)N[C@@H]1C(=O)N2[C@@H]1SC(C)(C)[C@@H]2C(=O)O)c1ccccc1)C(=O)c1ccc(O)c(O)c1. The van der Waals surface area contributed by atoms with Gasteiger partial charge in [0.25, 0.3) is 5.91 Å². The molecule has 2 aromatic rings. The molecule has 0 spiro atoms. The molecule has 206 valence electrons. The number of carboxylic acid groups (broad SMARTS) is 1. The molecule has 5 N–H and O–H groups in total. The number of carboxylic acids is 1. The van der Waals surface area contributed by atoms with Crippen molar-refractivity contribution < 1.29 is 39.3 Å². The number of β-lactam (4-membered cyclic amide) rings is 1. The normalized spacial score (nSPS) is 21.8. The minimum Gasteiger partial charge on any atom is -0.504 e. The van der Waals surface area contributed by atoms with E-state index in [-0.39, 0.29) is 12.1 Å². The van der Waals surface area contributed by atoms with Gasteiger partial charge in [-0.2, -0.15) is 0 Å². The van der Waals surface area contributed by atoms with Gasteiger partial charge in [-0.25, -0.2) is 9.59 Å². The van der Waals surface area contributed by atoms with Gasteiger partial charge < -0.3 is 30.9 Å². The fraction of sp³-hybridized carbons (Fsp3) is 0.346. The van der Waals surface area contributed by atoms with E-state index in [9.17, 15) is 39.3 Å². The summed E-state index contributed by atoms with van der Waals surface area (Å²) in [6, 6.07) is 7.40. The fourth-order valence-electron chi connectivity index (χ4n) is 4.72. The number of amides is 5. The Morgan fingerprint density at radius 2 is 1.74 bits per heavy atom. The van der Waals surface area contributed by atoms with E-state index in [2.05, 4.69) is 10.6 Å². The molecule has 2 saturated heterocycles. The summed E-state index contributed by atoms with van der Waals surface area (Å²) in [7, 11) is 0. The zero-order valence-electron chi connectivity index (χ0n) is 21.3. The molecule has 0 saturated carbocycles. The van der Waals surface area contributed by atoms with Crippen LogP contribution in [-0.4, -0.2) is 83.6 Å². The molecule has 2 heterocycles. The predicted octanol–water partition coefficient (Wildman–Crippen LogP) is 1.64. The number of hydrogen-bond acceptors (Lipinski definition) is 8. The number of imide groups is 1. The second-order valence-corrected chi connectivity index (χ2v) is 11.4. The van der Waals surface area contributed by atoms with Gasteiger partial charge in [-0.3, -0.25) is 19.3 Å². The van der Waals surface area contributed by atoms with Gasteiger partial charge in [0, 0.05) is 16.9 Å². The first-order valence-electron chi connectivity index (χ1n) is 12.1. The fourth-order valence-corrected chi connectivity index (χ4v) is 6.35. The molecule has 0 radical (unpaired) electrons. The first kappa shape index (κ1) is 27.8. The highest BCUT2D eigenvalue weighted by Gasteiger charge is 2.64. The van der Waals surface area contributed by atoms with Crippen LogP contribution in [0, 0.1) is 0 Å². The van der Waals surface area contributed by atoms with Gasteiger partial charge in [0.2, 0.25) is 11.8 Å². The van der Waals surface area contributed by atoms with Crippen LogP contribution in [0.25, 0.3) is 0 Å². The summed E-state index contributed by atoms with van der Waals surface area (Å²) in [4.78, 5) is 66.4. The Labute approximate surface area is 228 Å². The Kier molecular flexibility index (Phi) is 7.46. The van der Waals surface area contributed by atoms with Crippen molar-refractivity contribution in [1.82, 2.24) is 20.4 Å². The molecule has 0 bridgehead atoms. The number of nitrogens with one attached hydrogen (secondary N) is 2. The Morgan fingerprint density at radius 1 is 1.08 bits per heavy atom. The van der Waals surface area contributed by atoms with Crippen LogP contribution in [0.2, 0.25) is 0 Å². The molecule has 2 fully saturated rings. The van der Waals surface area contributed by atoms with Crippen molar-refractivity contribution in [3.8, 4) is 11.5 Å². The smallest absolute Gasteiger partial charge is 0.327 e. The van der Waals surface area contributed by atoms with Gasteiger partial charge >= 0.3 is 12.0 Å². The number of fused-ring (bicyclic) bond motifs is 1. The molecular formula is C26H28N4O8S. The number of nitrogens with zero attached hydrogens (tertiary/aromatic N) is 2. The molecule has 2 aliphatic rings. The van der Waals surface area contributed by atoms with Gasteiger partial charge in [-0.1, -0.05) is 30.3 Å². The Balaban J connectivity index is 1.54. The minimum absolute atomic E-state index is 0.0583. The van der Waals surface area contributed by atoms with E-state index < -0.39 is 69.5 Å². The number of carbonyl (C=O) groups is 5. The van der Waals surface area contributed by atoms with E-state index >= 15 is 0 Å². The van der Waals surface area contributed by atoms with Crippen LogP contribution in [0.15, 0.2) is 48.5 Å². The number of aromatic hydroxyl groups is 2. The van der Waals surface area contributed by atoms with Crippen molar-refractivity contribution >= 4 is 41.5 Å². The first-order chi connectivity index (χ1) is 18.4. The lowest BCUT2D eigenvalue weighted by Gasteiger charge is -2.44. The van der Waals surface area contributed by atoms with Crippen LogP contribution >= 0.6 is 11.8 Å². The summed E-state index contributed by atoms with van der Waals surface area (Å²) < 4.78 is -0.774. The van der Waals surface area contributed by atoms with E-state index in [1.165, 1.54) is 22.7 Å². The van der Waals surface area contributed by atoms with E-state index in [1.807, 2.05) is 0 Å². The Bertz CT molecular complexity index is 1330. The molecule has 12 nitrogen and oxygen atoms in total. The largest absolute Gasteiger partial charge is 0.504 e. The predicted molar refractivity (Wildman–Crippen MR) is 140 cm³/mol. The topological polar surface area (TPSA) is 177 Å². The second kappa shape index (κ2) is 10.5. The molecule has 39 heavy (non-hydrogen) atoms. The van der Waals surface area contributed by atoms with Crippen molar-refractivity contribution in [2.24, 2.45) is 0 Å². The van der Waals surface area contributed by atoms with Crippen LogP contribution in [0.5, 0.6) is 11.5 Å². The monoisotopic (exact) mass is 556 g/mol. The summed E-state index contributed by atoms with van der Waals surface area (Å²) in [5.74, 6) is -4.11. The number of phenolic OH excluding ortho intramolecular Hbond substituents is 2. The molecule has 1 unspecified atom stereocenters. The summed E-state index contributed by atoms with van der Waals surface area (Å²) in [6.07, 6.45) is 0. The van der Waals surface area contributed by atoms with Crippen LogP contribution in [0.4, 0.5) is 4.79 Å². The van der Waals surface area contributed by atoms with Crippen LogP contribution < -0.4 is 10.6 Å². The van der Waals surface area contributed by atoms with Crippen molar-refractivity contribution in [2.75, 3.05) is 6.54 Å². The van der Waals surface area contributed by atoms with Gasteiger partial charge in [0.05, 0.1) is 0 Å². The van der Waals surface area contributed by atoms with Gasteiger partial charge in [0.15, 0.2) is 11.5 Å². The average molecular weight is 557 g/mol. The molecule has 0 aromatic heterocycles. The zero-order valence-corrected chi connectivity index (χ0v) is 22.1. The van der Waals surface area contributed by atoms with Crippen molar-refractivity contribution in [2.45, 2.75) is 49.0 Å². The lowest BCUT2D eigenvalue weighted by Crippen LogP contribution is -2.71. The highest BCUT2D eigenvalue weighted by atomic mass is 32.2. The summed E-state index contributed by atoms with van der Waals surface area (Å²) in [5.41, 5.74) is 0.331. The van der Waals surface area contributed by atoms with Crippen molar-refractivity contribution in [1.29, 1.82) is 0 Å². The van der Waals surface area contributed by atoms with Crippen molar-refractivity contribution in [3.63, 3.8) is 0 Å². The number of carbonyl (C=O) groups excluding carboxylic acids is 4. The number of rotatable bonds is 7.